The van der Waals surface area contributed by atoms with E-state index in [1.807, 2.05) is 38.1 Å². The van der Waals surface area contributed by atoms with Crippen molar-refractivity contribution in [3.05, 3.63) is 29.1 Å². The number of hydrogen-bond acceptors (Lipinski definition) is 6. The van der Waals surface area contributed by atoms with Crippen LogP contribution in [0.4, 0.5) is 5.13 Å². The Labute approximate surface area is 157 Å². The lowest BCUT2D eigenvalue weighted by Gasteiger charge is -2.34. The summed E-state index contributed by atoms with van der Waals surface area (Å²) >= 11 is 1.48. The van der Waals surface area contributed by atoms with Gasteiger partial charge in [0.2, 0.25) is 5.91 Å². The molecule has 26 heavy (non-hydrogen) atoms. The number of thiazole rings is 1. The van der Waals surface area contributed by atoms with E-state index in [4.69, 9.17) is 15.2 Å². The Morgan fingerprint density at radius 1 is 1.35 bits per heavy atom. The molecule has 7 heteroatoms. The molecule has 6 nitrogen and oxygen atoms in total. The minimum atomic E-state index is -0.558. The van der Waals surface area contributed by atoms with Gasteiger partial charge >= 0.3 is 0 Å². The molecule has 1 aromatic carbocycles. The average molecular weight is 375 g/mol. The Morgan fingerprint density at radius 3 is 2.65 bits per heavy atom. The Hall–Kier alpha value is -1.96. The molecule has 0 atom stereocenters. The van der Waals surface area contributed by atoms with E-state index in [0.717, 1.165) is 21.9 Å². The highest BCUT2D eigenvalue weighted by molar-refractivity contribution is 7.16. The molecule has 1 amide bonds. The number of nitrogens with two attached hydrogens (primary N) is 1. The van der Waals surface area contributed by atoms with Crippen molar-refractivity contribution in [2.45, 2.75) is 26.7 Å². The summed E-state index contributed by atoms with van der Waals surface area (Å²) < 4.78 is 10.9. The average Bonchev–Trinajstić information content (AvgIpc) is 3.03. The van der Waals surface area contributed by atoms with Crippen molar-refractivity contribution in [2.24, 2.45) is 11.1 Å². The van der Waals surface area contributed by atoms with Gasteiger partial charge in [-0.15, -0.1) is 11.3 Å². The highest BCUT2D eigenvalue weighted by atomic mass is 32.1. The number of nitrogens with zero attached hydrogens (tertiary/aromatic N) is 1. The highest BCUT2D eigenvalue weighted by Crippen LogP contribution is 2.34. The summed E-state index contributed by atoms with van der Waals surface area (Å²) in [6.07, 6.45) is 1.29. The van der Waals surface area contributed by atoms with Crippen LogP contribution in [0.5, 0.6) is 5.75 Å². The fourth-order valence-corrected chi connectivity index (χ4v) is 3.94. The smallest absolute Gasteiger partial charge is 0.233 e. The third-order valence-corrected chi connectivity index (χ3v) is 5.66. The van der Waals surface area contributed by atoms with E-state index in [2.05, 4.69) is 10.3 Å². The summed E-state index contributed by atoms with van der Waals surface area (Å²) in [6.45, 7) is 6.06. The molecule has 2 aromatic rings. The molecule has 1 saturated heterocycles. The number of carbonyl (C=O) groups is 1. The first-order chi connectivity index (χ1) is 12.6. The van der Waals surface area contributed by atoms with Crippen LogP contribution in [0.2, 0.25) is 0 Å². The molecule has 0 spiro atoms. The van der Waals surface area contributed by atoms with Gasteiger partial charge in [-0.05, 0) is 51.0 Å². The first-order valence-electron chi connectivity index (χ1n) is 8.88. The van der Waals surface area contributed by atoms with Crippen molar-refractivity contribution in [2.75, 3.05) is 31.7 Å². The van der Waals surface area contributed by atoms with E-state index in [9.17, 15) is 4.79 Å². The van der Waals surface area contributed by atoms with Crippen molar-refractivity contribution in [1.82, 2.24) is 4.98 Å². The van der Waals surface area contributed by atoms with E-state index >= 15 is 0 Å². The number of benzene rings is 1. The third-order valence-electron chi connectivity index (χ3n) is 4.78. The number of ether oxygens (including phenoxy) is 2. The zero-order chi connectivity index (χ0) is 18.6. The summed E-state index contributed by atoms with van der Waals surface area (Å²) in [5.74, 6) is 0.775. The number of aromatic nitrogens is 1. The molecule has 0 unspecified atom stereocenters. The van der Waals surface area contributed by atoms with Crippen LogP contribution in [0.3, 0.4) is 0 Å². The lowest BCUT2D eigenvalue weighted by Crippen LogP contribution is -2.46. The van der Waals surface area contributed by atoms with Gasteiger partial charge in [-0.1, -0.05) is 0 Å². The van der Waals surface area contributed by atoms with Crippen LogP contribution >= 0.6 is 11.3 Å². The van der Waals surface area contributed by atoms with Crippen molar-refractivity contribution in [1.29, 1.82) is 0 Å². The molecule has 0 radical (unpaired) electrons. The molecule has 140 valence electrons. The zero-order valence-electron chi connectivity index (χ0n) is 15.2. The maximum absolute atomic E-state index is 12.8. The third kappa shape index (κ3) is 3.90. The number of rotatable bonds is 6. The molecular formula is C19H25N3O3S. The monoisotopic (exact) mass is 375 g/mol. The molecule has 0 aliphatic carbocycles. The lowest BCUT2D eigenvalue weighted by atomic mass is 9.79. The molecule has 3 N–H and O–H groups in total. The van der Waals surface area contributed by atoms with E-state index in [1.165, 1.54) is 11.3 Å². The predicted octanol–water partition coefficient (Wildman–Crippen LogP) is 3.21. The van der Waals surface area contributed by atoms with Crippen molar-refractivity contribution in [3.63, 3.8) is 0 Å². The number of aryl methyl sites for hydroxylation is 1. The predicted molar refractivity (Wildman–Crippen MR) is 104 cm³/mol. The van der Waals surface area contributed by atoms with Gasteiger partial charge in [0, 0.05) is 30.2 Å². The van der Waals surface area contributed by atoms with Crippen molar-refractivity contribution in [3.8, 4) is 17.0 Å². The maximum Gasteiger partial charge on any atom is 0.233 e. The molecule has 1 fully saturated rings. The van der Waals surface area contributed by atoms with E-state index in [-0.39, 0.29) is 5.91 Å². The second-order valence-corrected chi connectivity index (χ2v) is 7.64. The molecule has 0 bridgehead atoms. The quantitative estimate of drug-likeness (QED) is 0.810. The van der Waals surface area contributed by atoms with Gasteiger partial charge < -0.3 is 20.5 Å². The van der Waals surface area contributed by atoms with Crippen LogP contribution in [-0.4, -0.2) is 37.3 Å². The van der Waals surface area contributed by atoms with Gasteiger partial charge in [0.05, 0.1) is 17.7 Å². The Balaban J connectivity index is 1.76. The van der Waals surface area contributed by atoms with Gasteiger partial charge in [-0.2, -0.15) is 0 Å². The van der Waals surface area contributed by atoms with Crippen LogP contribution in [0, 0.1) is 12.3 Å². The molecule has 1 aliphatic rings. The summed E-state index contributed by atoms with van der Waals surface area (Å²) in [5.41, 5.74) is 7.23. The van der Waals surface area contributed by atoms with Crippen LogP contribution in [0.25, 0.3) is 11.3 Å². The molecule has 1 aliphatic heterocycles. The summed E-state index contributed by atoms with van der Waals surface area (Å²) in [5, 5.41) is 3.58. The molecule has 2 heterocycles. The largest absolute Gasteiger partial charge is 0.494 e. The molecular weight excluding hydrogens is 350 g/mol. The van der Waals surface area contributed by atoms with E-state index in [1.54, 1.807) is 0 Å². The standard InChI is InChI=1S/C19H25N3O3S/c1-3-25-15-6-4-14(5-7-15)16-13(2)26-18(21-16)22-17(23)19(12-20)8-10-24-11-9-19/h4-7H,3,8-12,20H2,1-2H3,(H,21,22,23). The van der Waals surface area contributed by atoms with Crippen molar-refractivity contribution >= 4 is 22.4 Å². The summed E-state index contributed by atoms with van der Waals surface area (Å²) in [4.78, 5) is 18.5. The van der Waals surface area contributed by atoms with Crippen LogP contribution < -0.4 is 15.8 Å². The second kappa shape index (κ2) is 8.16. The van der Waals surface area contributed by atoms with E-state index < -0.39 is 5.41 Å². The van der Waals surface area contributed by atoms with Crippen LogP contribution in [-0.2, 0) is 9.53 Å². The molecule has 1 aromatic heterocycles. The summed E-state index contributed by atoms with van der Waals surface area (Å²) in [6, 6.07) is 7.83. The Kier molecular flexibility index (Phi) is 5.90. The number of anilines is 1. The summed E-state index contributed by atoms with van der Waals surface area (Å²) in [7, 11) is 0. The lowest BCUT2D eigenvalue weighted by molar-refractivity contribution is -0.130. The molecule has 0 saturated carbocycles. The minimum absolute atomic E-state index is 0.0599. The highest BCUT2D eigenvalue weighted by Gasteiger charge is 2.39. The second-order valence-electron chi connectivity index (χ2n) is 6.43. The Morgan fingerprint density at radius 2 is 2.04 bits per heavy atom. The van der Waals surface area contributed by atoms with Gasteiger partial charge in [-0.25, -0.2) is 4.98 Å². The first kappa shape index (κ1) is 18.8. The fourth-order valence-electron chi connectivity index (χ4n) is 3.11. The first-order valence-corrected chi connectivity index (χ1v) is 9.69. The number of carbonyl (C=O) groups excluding carboxylic acids is 1. The van der Waals surface area contributed by atoms with Gasteiger partial charge in [-0.3, -0.25) is 4.79 Å². The van der Waals surface area contributed by atoms with E-state index in [0.29, 0.717) is 44.3 Å². The number of nitrogens with one attached hydrogen (secondary N) is 1. The molecule has 3 rings (SSSR count). The normalized spacial score (nSPS) is 16.3. The van der Waals surface area contributed by atoms with Crippen LogP contribution in [0.15, 0.2) is 24.3 Å². The van der Waals surface area contributed by atoms with Crippen LogP contribution in [0.1, 0.15) is 24.6 Å². The topological polar surface area (TPSA) is 86.5 Å². The zero-order valence-corrected chi connectivity index (χ0v) is 16.0. The fraction of sp³-hybridized carbons (Fsp3) is 0.474. The van der Waals surface area contributed by atoms with Gasteiger partial charge in [0.1, 0.15) is 5.75 Å². The van der Waals surface area contributed by atoms with Crippen molar-refractivity contribution < 1.29 is 14.3 Å². The van der Waals surface area contributed by atoms with Gasteiger partial charge in [0.15, 0.2) is 5.13 Å². The number of amides is 1. The SMILES string of the molecule is CCOc1ccc(-c2nc(NC(=O)C3(CN)CCOCC3)sc2C)cc1. The minimum Gasteiger partial charge on any atom is -0.494 e. The number of hydrogen-bond donors (Lipinski definition) is 2. The van der Waals surface area contributed by atoms with Gasteiger partial charge in [0.25, 0.3) is 0 Å². The maximum atomic E-state index is 12.8. The Bertz CT molecular complexity index is 752.